The van der Waals surface area contributed by atoms with Crippen LogP contribution >= 0.6 is 0 Å². The number of nitrogens with zero attached hydrogens (tertiary/aromatic N) is 1. The lowest BCUT2D eigenvalue weighted by atomic mass is 10.2. The number of aromatic nitrogens is 1. The van der Waals surface area contributed by atoms with Gasteiger partial charge in [-0.3, -0.25) is 4.98 Å². The van der Waals surface area contributed by atoms with Crippen LogP contribution < -0.4 is 4.72 Å². The molecule has 0 bridgehead atoms. The predicted octanol–water partition coefficient (Wildman–Crippen LogP) is 2.12. The Bertz CT molecular complexity index is 597. The van der Waals surface area contributed by atoms with Gasteiger partial charge in [0, 0.05) is 18.4 Å². The van der Waals surface area contributed by atoms with Gasteiger partial charge in [-0.15, -0.1) is 0 Å². The highest BCUT2D eigenvalue weighted by Crippen LogP contribution is 2.15. The van der Waals surface area contributed by atoms with Crippen molar-refractivity contribution in [3.8, 4) is 0 Å². The number of rotatable bonds is 4. The van der Waals surface area contributed by atoms with E-state index in [1.54, 1.807) is 55.7 Å². The van der Waals surface area contributed by atoms with Gasteiger partial charge in [-0.05, 0) is 30.7 Å². The molecular weight excluding hydrogens is 248 g/mol. The third kappa shape index (κ3) is 2.94. The summed E-state index contributed by atoms with van der Waals surface area (Å²) in [7, 11) is -3.49. The molecule has 18 heavy (non-hydrogen) atoms. The van der Waals surface area contributed by atoms with Crippen LogP contribution in [-0.4, -0.2) is 13.4 Å². The van der Waals surface area contributed by atoms with Crippen molar-refractivity contribution >= 4 is 10.0 Å². The minimum atomic E-state index is -3.49. The Morgan fingerprint density at radius 1 is 1.11 bits per heavy atom. The molecule has 0 amide bonds. The van der Waals surface area contributed by atoms with Crippen molar-refractivity contribution in [3.63, 3.8) is 0 Å². The molecule has 1 aromatic carbocycles. The van der Waals surface area contributed by atoms with Crippen molar-refractivity contribution in [2.45, 2.75) is 17.9 Å². The largest absolute Gasteiger partial charge is 0.264 e. The molecule has 0 unspecified atom stereocenters. The Labute approximate surface area is 107 Å². The predicted molar refractivity (Wildman–Crippen MR) is 69.4 cm³/mol. The van der Waals surface area contributed by atoms with Gasteiger partial charge in [-0.25, -0.2) is 13.1 Å². The molecule has 0 saturated heterocycles. The lowest BCUT2D eigenvalue weighted by molar-refractivity contribution is 0.566. The van der Waals surface area contributed by atoms with Crippen LogP contribution in [0.1, 0.15) is 18.5 Å². The number of hydrogen-bond acceptors (Lipinski definition) is 3. The highest BCUT2D eigenvalue weighted by atomic mass is 32.2. The summed E-state index contributed by atoms with van der Waals surface area (Å²) >= 11 is 0. The lowest BCUT2D eigenvalue weighted by Crippen LogP contribution is -2.26. The van der Waals surface area contributed by atoms with Crippen LogP contribution in [0.15, 0.2) is 59.8 Å². The van der Waals surface area contributed by atoms with E-state index in [2.05, 4.69) is 9.71 Å². The zero-order valence-electron chi connectivity index (χ0n) is 9.95. The van der Waals surface area contributed by atoms with Gasteiger partial charge < -0.3 is 0 Å². The number of hydrogen-bond donors (Lipinski definition) is 1. The van der Waals surface area contributed by atoms with Crippen LogP contribution in [0.3, 0.4) is 0 Å². The Morgan fingerprint density at radius 3 is 2.44 bits per heavy atom. The van der Waals surface area contributed by atoms with Gasteiger partial charge in [0.25, 0.3) is 0 Å². The normalized spacial score (nSPS) is 13.2. The minimum absolute atomic E-state index is 0.265. The topological polar surface area (TPSA) is 59.1 Å². The van der Waals surface area contributed by atoms with E-state index in [0.717, 1.165) is 5.56 Å². The molecule has 0 aliphatic carbocycles. The fourth-order valence-electron chi connectivity index (χ4n) is 1.60. The van der Waals surface area contributed by atoms with Crippen LogP contribution in [0, 0.1) is 0 Å². The van der Waals surface area contributed by atoms with E-state index in [9.17, 15) is 8.42 Å². The zero-order chi connectivity index (χ0) is 13.0. The molecule has 1 atom stereocenters. The van der Waals surface area contributed by atoms with Gasteiger partial charge in [0.15, 0.2) is 0 Å². The fraction of sp³-hybridized carbons (Fsp3) is 0.154. The van der Waals surface area contributed by atoms with Crippen molar-refractivity contribution in [1.82, 2.24) is 9.71 Å². The van der Waals surface area contributed by atoms with E-state index in [0.29, 0.717) is 0 Å². The van der Waals surface area contributed by atoms with E-state index in [1.165, 1.54) is 0 Å². The summed E-state index contributed by atoms with van der Waals surface area (Å²) in [4.78, 5) is 4.24. The van der Waals surface area contributed by atoms with E-state index >= 15 is 0 Å². The average molecular weight is 262 g/mol. The molecule has 0 saturated carbocycles. The van der Waals surface area contributed by atoms with Crippen molar-refractivity contribution in [1.29, 1.82) is 0 Å². The van der Waals surface area contributed by atoms with E-state index in [4.69, 9.17) is 0 Å². The summed E-state index contributed by atoms with van der Waals surface area (Å²) in [6, 6.07) is 11.6. The van der Waals surface area contributed by atoms with Crippen molar-refractivity contribution < 1.29 is 8.42 Å². The Balaban J connectivity index is 2.20. The first-order valence-electron chi connectivity index (χ1n) is 5.57. The van der Waals surface area contributed by atoms with Crippen LogP contribution in [0.5, 0.6) is 0 Å². The van der Waals surface area contributed by atoms with Gasteiger partial charge in [-0.1, -0.05) is 24.3 Å². The van der Waals surface area contributed by atoms with Gasteiger partial charge in [0.1, 0.15) is 0 Å². The first-order chi connectivity index (χ1) is 8.59. The number of sulfonamides is 1. The molecule has 1 heterocycles. The van der Waals surface area contributed by atoms with Gasteiger partial charge in [0.05, 0.1) is 4.90 Å². The Morgan fingerprint density at radius 2 is 1.83 bits per heavy atom. The molecule has 1 N–H and O–H groups in total. The van der Waals surface area contributed by atoms with Crippen LogP contribution in [0.25, 0.3) is 0 Å². The Hall–Kier alpha value is -1.72. The quantitative estimate of drug-likeness (QED) is 0.918. The van der Waals surface area contributed by atoms with Gasteiger partial charge in [0.2, 0.25) is 10.0 Å². The van der Waals surface area contributed by atoms with Gasteiger partial charge in [-0.2, -0.15) is 0 Å². The summed E-state index contributed by atoms with van der Waals surface area (Å²) < 4.78 is 26.8. The number of benzene rings is 1. The minimum Gasteiger partial charge on any atom is -0.264 e. The second-order valence-corrected chi connectivity index (χ2v) is 5.66. The maximum absolute atomic E-state index is 12.1. The molecule has 0 aliphatic rings. The average Bonchev–Trinajstić information content (AvgIpc) is 2.40. The van der Waals surface area contributed by atoms with Crippen LogP contribution in [0.2, 0.25) is 0 Å². The van der Waals surface area contributed by atoms with Gasteiger partial charge >= 0.3 is 0 Å². The van der Waals surface area contributed by atoms with E-state index < -0.39 is 10.0 Å². The second-order valence-electron chi connectivity index (χ2n) is 3.94. The maximum Gasteiger partial charge on any atom is 0.241 e. The van der Waals surface area contributed by atoms with Crippen molar-refractivity contribution in [3.05, 3.63) is 60.4 Å². The lowest BCUT2D eigenvalue weighted by Gasteiger charge is -2.14. The third-order valence-electron chi connectivity index (χ3n) is 2.57. The molecule has 94 valence electrons. The SMILES string of the molecule is C[C@@H](NS(=O)(=O)c1ccccc1)c1cccnc1. The summed E-state index contributed by atoms with van der Waals surface area (Å²) in [6.45, 7) is 1.79. The van der Waals surface area contributed by atoms with Crippen molar-refractivity contribution in [2.75, 3.05) is 0 Å². The Kier molecular flexibility index (Phi) is 3.74. The number of nitrogens with one attached hydrogen (secondary N) is 1. The summed E-state index contributed by atoms with van der Waals surface area (Å²) in [5.41, 5.74) is 0.831. The van der Waals surface area contributed by atoms with E-state index in [1.807, 2.05) is 6.07 Å². The van der Waals surface area contributed by atoms with Crippen molar-refractivity contribution in [2.24, 2.45) is 0 Å². The standard InChI is InChI=1S/C13H14N2O2S/c1-11(12-6-5-9-14-10-12)15-18(16,17)13-7-3-2-4-8-13/h2-11,15H,1H3/t11-/m1/s1. The molecule has 2 rings (SSSR count). The molecule has 1 aromatic heterocycles. The zero-order valence-corrected chi connectivity index (χ0v) is 10.8. The first-order valence-corrected chi connectivity index (χ1v) is 7.05. The van der Waals surface area contributed by atoms with E-state index in [-0.39, 0.29) is 10.9 Å². The molecule has 0 spiro atoms. The first kappa shape index (κ1) is 12.7. The molecule has 0 aliphatic heterocycles. The molecule has 2 aromatic rings. The fourth-order valence-corrected chi connectivity index (χ4v) is 2.85. The molecule has 0 fully saturated rings. The summed E-state index contributed by atoms with van der Waals surface area (Å²) in [5, 5.41) is 0. The van der Waals surface area contributed by atoms with Crippen LogP contribution in [0.4, 0.5) is 0 Å². The molecule has 5 heteroatoms. The third-order valence-corrected chi connectivity index (χ3v) is 4.13. The molecular formula is C13H14N2O2S. The monoisotopic (exact) mass is 262 g/mol. The highest BCUT2D eigenvalue weighted by molar-refractivity contribution is 7.89. The second kappa shape index (κ2) is 5.29. The van der Waals surface area contributed by atoms with Crippen LogP contribution in [-0.2, 0) is 10.0 Å². The molecule has 0 radical (unpaired) electrons. The number of pyridine rings is 1. The summed E-state index contributed by atoms with van der Waals surface area (Å²) in [6.07, 6.45) is 3.31. The smallest absolute Gasteiger partial charge is 0.241 e. The highest BCUT2D eigenvalue weighted by Gasteiger charge is 2.17. The summed E-state index contributed by atoms with van der Waals surface area (Å²) in [5.74, 6) is 0. The molecule has 4 nitrogen and oxygen atoms in total. The maximum atomic E-state index is 12.1.